The monoisotopic (exact) mass is 224 g/mol. The lowest BCUT2D eigenvalue weighted by atomic mass is 9.88. The van der Waals surface area contributed by atoms with Gasteiger partial charge in [-0.25, -0.2) is 0 Å². The van der Waals surface area contributed by atoms with Crippen molar-refractivity contribution in [1.82, 2.24) is 10.2 Å². The molecule has 3 heteroatoms. The van der Waals surface area contributed by atoms with Gasteiger partial charge in [0.15, 0.2) is 0 Å². The van der Waals surface area contributed by atoms with Crippen LogP contribution in [0.1, 0.15) is 38.5 Å². The fourth-order valence-electron chi connectivity index (χ4n) is 3.73. The van der Waals surface area contributed by atoms with Crippen LogP contribution in [0.3, 0.4) is 0 Å². The third kappa shape index (κ3) is 2.13. The zero-order chi connectivity index (χ0) is 10.8. The molecule has 1 saturated carbocycles. The summed E-state index contributed by atoms with van der Waals surface area (Å²) in [4.78, 5) is 2.69. The van der Waals surface area contributed by atoms with Crippen molar-refractivity contribution in [2.24, 2.45) is 0 Å². The van der Waals surface area contributed by atoms with E-state index in [1.807, 2.05) is 0 Å². The van der Waals surface area contributed by atoms with Crippen LogP contribution in [0.4, 0.5) is 0 Å². The SMILES string of the molecule is C1CCC2(C1)CC(N1CCNCC1)CCO2. The molecule has 3 fully saturated rings. The van der Waals surface area contributed by atoms with Crippen molar-refractivity contribution in [3.05, 3.63) is 0 Å². The first-order valence-corrected chi connectivity index (χ1v) is 6.97. The van der Waals surface area contributed by atoms with E-state index in [0.717, 1.165) is 12.6 Å². The van der Waals surface area contributed by atoms with E-state index in [1.54, 1.807) is 0 Å². The van der Waals surface area contributed by atoms with Crippen LogP contribution < -0.4 is 5.32 Å². The largest absolute Gasteiger partial charge is 0.375 e. The predicted octanol–water partition coefficient (Wildman–Crippen LogP) is 1.38. The van der Waals surface area contributed by atoms with Crippen LogP contribution >= 0.6 is 0 Å². The fraction of sp³-hybridized carbons (Fsp3) is 1.00. The molecule has 1 spiro atoms. The fourth-order valence-corrected chi connectivity index (χ4v) is 3.73. The number of rotatable bonds is 1. The van der Waals surface area contributed by atoms with Crippen molar-refractivity contribution in [3.63, 3.8) is 0 Å². The van der Waals surface area contributed by atoms with Crippen LogP contribution in [0.2, 0.25) is 0 Å². The second kappa shape index (κ2) is 4.63. The van der Waals surface area contributed by atoms with E-state index >= 15 is 0 Å². The molecule has 0 radical (unpaired) electrons. The maximum atomic E-state index is 6.11. The van der Waals surface area contributed by atoms with Crippen molar-refractivity contribution >= 4 is 0 Å². The van der Waals surface area contributed by atoms with Crippen molar-refractivity contribution in [1.29, 1.82) is 0 Å². The third-order valence-corrected chi connectivity index (χ3v) is 4.65. The Kier molecular flexibility index (Phi) is 3.18. The first-order chi connectivity index (χ1) is 7.88. The molecule has 2 aliphatic heterocycles. The van der Waals surface area contributed by atoms with Gasteiger partial charge in [-0.15, -0.1) is 0 Å². The summed E-state index contributed by atoms with van der Waals surface area (Å²) in [5, 5.41) is 3.44. The topological polar surface area (TPSA) is 24.5 Å². The summed E-state index contributed by atoms with van der Waals surface area (Å²) < 4.78 is 6.11. The van der Waals surface area contributed by atoms with Crippen LogP contribution in [-0.4, -0.2) is 49.3 Å². The molecule has 16 heavy (non-hydrogen) atoms. The van der Waals surface area contributed by atoms with Gasteiger partial charge in [0.05, 0.1) is 5.60 Å². The van der Waals surface area contributed by atoms with Gasteiger partial charge < -0.3 is 10.1 Å². The summed E-state index contributed by atoms with van der Waals surface area (Å²) in [6.45, 7) is 5.81. The number of nitrogens with one attached hydrogen (secondary N) is 1. The number of piperazine rings is 1. The highest BCUT2D eigenvalue weighted by Crippen LogP contribution is 2.41. The average Bonchev–Trinajstić information content (AvgIpc) is 2.78. The highest BCUT2D eigenvalue weighted by molar-refractivity contribution is 4.94. The molecule has 3 nitrogen and oxygen atoms in total. The van der Waals surface area contributed by atoms with Crippen LogP contribution in [-0.2, 0) is 4.74 Å². The van der Waals surface area contributed by atoms with Crippen LogP contribution in [0.15, 0.2) is 0 Å². The van der Waals surface area contributed by atoms with Crippen LogP contribution in [0, 0.1) is 0 Å². The molecule has 1 N–H and O–H groups in total. The van der Waals surface area contributed by atoms with Gasteiger partial charge in [0.25, 0.3) is 0 Å². The second-order valence-corrected chi connectivity index (χ2v) is 5.67. The van der Waals surface area contributed by atoms with E-state index in [9.17, 15) is 0 Å². The van der Waals surface area contributed by atoms with Gasteiger partial charge in [-0.2, -0.15) is 0 Å². The number of nitrogens with zero attached hydrogens (tertiary/aromatic N) is 1. The van der Waals surface area contributed by atoms with Gasteiger partial charge in [-0.05, 0) is 25.7 Å². The molecule has 1 atom stereocenters. The molecule has 2 heterocycles. The van der Waals surface area contributed by atoms with Crippen molar-refractivity contribution in [3.8, 4) is 0 Å². The maximum absolute atomic E-state index is 6.11. The molecular weight excluding hydrogens is 200 g/mol. The summed E-state index contributed by atoms with van der Waals surface area (Å²) in [7, 11) is 0. The van der Waals surface area contributed by atoms with E-state index in [4.69, 9.17) is 4.74 Å². The normalized spacial score (nSPS) is 35.6. The Morgan fingerprint density at radius 3 is 2.62 bits per heavy atom. The van der Waals surface area contributed by atoms with E-state index in [0.29, 0.717) is 0 Å². The van der Waals surface area contributed by atoms with Gasteiger partial charge in [-0.3, -0.25) is 4.90 Å². The highest BCUT2D eigenvalue weighted by Gasteiger charge is 2.41. The first kappa shape index (κ1) is 11.0. The average molecular weight is 224 g/mol. The minimum atomic E-state index is 0.286. The lowest BCUT2D eigenvalue weighted by Crippen LogP contribution is -2.53. The van der Waals surface area contributed by atoms with Gasteiger partial charge in [0.2, 0.25) is 0 Å². The third-order valence-electron chi connectivity index (χ3n) is 4.65. The molecule has 1 unspecified atom stereocenters. The van der Waals surface area contributed by atoms with Crippen molar-refractivity contribution in [2.75, 3.05) is 32.8 Å². The number of hydrogen-bond acceptors (Lipinski definition) is 3. The first-order valence-electron chi connectivity index (χ1n) is 6.97. The van der Waals surface area contributed by atoms with Gasteiger partial charge in [-0.1, -0.05) is 12.8 Å². The zero-order valence-corrected chi connectivity index (χ0v) is 10.2. The number of hydrogen-bond donors (Lipinski definition) is 1. The van der Waals surface area contributed by atoms with E-state index in [2.05, 4.69) is 10.2 Å². The zero-order valence-electron chi connectivity index (χ0n) is 10.2. The standard InChI is InChI=1S/C13H24N2O/c1-2-5-13(4-1)11-12(3-10-16-13)15-8-6-14-7-9-15/h12,14H,1-11H2. The summed E-state index contributed by atoms with van der Waals surface area (Å²) >= 11 is 0. The van der Waals surface area contributed by atoms with E-state index in [1.165, 1.54) is 64.7 Å². The molecule has 3 rings (SSSR count). The maximum Gasteiger partial charge on any atom is 0.0697 e. The van der Waals surface area contributed by atoms with Crippen molar-refractivity contribution < 1.29 is 4.74 Å². The van der Waals surface area contributed by atoms with E-state index < -0.39 is 0 Å². The lowest BCUT2D eigenvalue weighted by molar-refractivity contribution is -0.103. The van der Waals surface area contributed by atoms with Gasteiger partial charge >= 0.3 is 0 Å². The summed E-state index contributed by atoms with van der Waals surface area (Å²) in [5.74, 6) is 0. The molecular formula is C13H24N2O. The minimum Gasteiger partial charge on any atom is -0.375 e. The van der Waals surface area contributed by atoms with Crippen LogP contribution in [0.5, 0.6) is 0 Å². The highest BCUT2D eigenvalue weighted by atomic mass is 16.5. The molecule has 0 bridgehead atoms. The molecule has 92 valence electrons. The van der Waals surface area contributed by atoms with Gasteiger partial charge in [0.1, 0.15) is 0 Å². The minimum absolute atomic E-state index is 0.286. The summed E-state index contributed by atoms with van der Waals surface area (Å²) in [6, 6.07) is 0.800. The second-order valence-electron chi connectivity index (χ2n) is 5.67. The smallest absolute Gasteiger partial charge is 0.0697 e. The summed E-state index contributed by atoms with van der Waals surface area (Å²) in [5.41, 5.74) is 0.286. The predicted molar refractivity (Wildman–Crippen MR) is 64.6 cm³/mol. The molecule has 2 saturated heterocycles. The molecule has 3 aliphatic rings. The molecule has 0 aromatic rings. The quantitative estimate of drug-likeness (QED) is 0.728. The lowest BCUT2D eigenvalue weighted by Gasteiger charge is -2.44. The molecule has 0 aromatic carbocycles. The Bertz CT molecular complexity index is 232. The van der Waals surface area contributed by atoms with Crippen molar-refractivity contribution in [2.45, 2.75) is 50.2 Å². The molecule has 1 aliphatic carbocycles. The Morgan fingerprint density at radius 2 is 1.88 bits per heavy atom. The molecule has 0 amide bonds. The Morgan fingerprint density at radius 1 is 1.12 bits per heavy atom. The molecule has 0 aromatic heterocycles. The van der Waals surface area contributed by atoms with Crippen LogP contribution in [0.25, 0.3) is 0 Å². The summed E-state index contributed by atoms with van der Waals surface area (Å²) in [6.07, 6.45) is 7.95. The Balaban J connectivity index is 1.62. The Labute approximate surface area is 98.5 Å². The Hall–Kier alpha value is -0.120. The van der Waals surface area contributed by atoms with E-state index in [-0.39, 0.29) is 5.60 Å². The number of ether oxygens (including phenoxy) is 1. The van der Waals surface area contributed by atoms with Gasteiger partial charge in [0, 0.05) is 38.8 Å².